The molecule has 5 nitrogen and oxygen atoms in total. The van der Waals surface area contributed by atoms with Crippen LogP contribution in [0.1, 0.15) is 43.4 Å². The van der Waals surface area contributed by atoms with Crippen molar-refractivity contribution in [2.24, 2.45) is 4.99 Å². The lowest BCUT2D eigenvalue weighted by Gasteiger charge is -2.33. The summed E-state index contributed by atoms with van der Waals surface area (Å²) in [5, 5.41) is 7.10. The summed E-state index contributed by atoms with van der Waals surface area (Å²) >= 11 is 0. The van der Waals surface area contributed by atoms with Gasteiger partial charge in [0.25, 0.3) is 0 Å². The van der Waals surface area contributed by atoms with Gasteiger partial charge in [0.2, 0.25) is 0 Å². The molecule has 1 aliphatic heterocycles. The Bertz CT molecular complexity index is 782. The van der Waals surface area contributed by atoms with Gasteiger partial charge in [0.15, 0.2) is 5.96 Å². The second kappa shape index (κ2) is 14.5. The van der Waals surface area contributed by atoms with Crippen molar-refractivity contribution < 1.29 is 0 Å². The van der Waals surface area contributed by atoms with Gasteiger partial charge in [-0.25, -0.2) is 0 Å². The number of nitrogens with zero attached hydrogens (tertiary/aromatic N) is 3. The van der Waals surface area contributed by atoms with Gasteiger partial charge in [0.05, 0.1) is 0 Å². The molecule has 0 bridgehead atoms. The van der Waals surface area contributed by atoms with Crippen LogP contribution >= 0.6 is 24.0 Å². The normalized spacial score (nSPS) is 15.4. The Kier molecular flexibility index (Phi) is 12.1. The lowest BCUT2D eigenvalue weighted by molar-refractivity contribution is 0.198. The smallest absolute Gasteiger partial charge is 0.191 e. The average Bonchev–Trinajstić information content (AvgIpc) is 2.82. The Labute approximate surface area is 211 Å². The third-order valence-corrected chi connectivity index (χ3v) is 6.18. The number of hydrogen-bond donors (Lipinski definition) is 2. The van der Waals surface area contributed by atoms with Crippen LogP contribution in [0.15, 0.2) is 59.6 Å². The first-order chi connectivity index (χ1) is 15.2. The Morgan fingerprint density at radius 3 is 2.16 bits per heavy atom. The van der Waals surface area contributed by atoms with Gasteiger partial charge in [-0.1, -0.05) is 68.4 Å². The second-order valence-corrected chi connectivity index (χ2v) is 8.38. The van der Waals surface area contributed by atoms with E-state index in [1.165, 1.54) is 16.7 Å². The van der Waals surface area contributed by atoms with Crippen LogP contribution in [-0.4, -0.2) is 55.0 Å². The van der Waals surface area contributed by atoms with E-state index in [0.29, 0.717) is 6.04 Å². The molecule has 0 aliphatic carbocycles. The third-order valence-electron chi connectivity index (χ3n) is 6.18. The zero-order chi connectivity index (χ0) is 21.9. The average molecular weight is 550 g/mol. The van der Waals surface area contributed by atoms with Gasteiger partial charge in [0, 0.05) is 45.8 Å². The fourth-order valence-corrected chi connectivity index (χ4v) is 4.12. The molecule has 1 fully saturated rings. The monoisotopic (exact) mass is 549 g/mol. The van der Waals surface area contributed by atoms with Gasteiger partial charge < -0.3 is 10.6 Å². The van der Waals surface area contributed by atoms with E-state index < -0.39 is 0 Å². The van der Waals surface area contributed by atoms with Gasteiger partial charge in [-0.15, -0.1) is 24.0 Å². The summed E-state index contributed by atoms with van der Waals surface area (Å²) in [5.41, 5.74) is 4.05. The molecule has 0 unspecified atom stereocenters. The molecule has 0 spiro atoms. The highest BCUT2D eigenvalue weighted by Gasteiger charge is 2.20. The molecule has 0 aromatic heterocycles. The van der Waals surface area contributed by atoms with Crippen molar-refractivity contribution in [1.29, 1.82) is 0 Å². The van der Waals surface area contributed by atoms with Crippen molar-refractivity contribution in [3.8, 4) is 0 Å². The summed E-state index contributed by atoms with van der Waals surface area (Å²) < 4.78 is 0. The summed E-state index contributed by atoms with van der Waals surface area (Å²) in [6.07, 6.45) is 2.29. The van der Waals surface area contributed by atoms with E-state index in [1.54, 1.807) is 0 Å². The number of rotatable bonds is 9. The number of piperidine rings is 1. The number of hydrogen-bond acceptors (Lipinski definition) is 3. The molecule has 1 heterocycles. The summed E-state index contributed by atoms with van der Waals surface area (Å²) in [6, 6.07) is 20.2. The minimum absolute atomic E-state index is 0. The maximum Gasteiger partial charge on any atom is 0.191 e. The number of halogens is 1. The van der Waals surface area contributed by atoms with Crippen molar-refractivity contribution in [3.63, 3.8) is 0 Å². The number of aliphatic imine (C=N–C) groups is 1. The molecule has 176 valence electrons. The van der Waals surface area contributed by atoms with Crippen LogP contribution < -0.4 is 10.6 Å². The Hall–Kier alpha value is -1.64. The van der Waals surface area contributed by atoms with Gasteiger partial charge >= 0.3 is 0 Å². The molecule has 1 aliphatic rings. The van der Waals surface area contributed by atoms with Crippen LogP contribution in [0.4, 0.5) is 0 Å². The van der Waals surface area contributed by atoms with Gasteiger partial charge in [-0.3, -0.25) is 14.8 Å². The van der Waals surface area contributed by atoms with Crippen LogP contribution in [0.5, 0.6) is 0 Å². The molecule has 1 saturated heterocycles. The maximum atomic E-state index is 4.44. The second-order valence-electron chi connectivity index (χ2n) is 8.38. The quantitative estimate of drug-likeness (QED) is 0.275. The topological polar surface area (TPSA) is 42.9 Å². The number of nitrogens with one attached hydrogen (secondary N) is 2. The first-order valence-electron chi connectivity index (χ1n) is 11.7. The lowest BCUT2D eigenvalue weighted by atomic mass is 10.0. The van der Waals surface area contributed by atoms with Gasteiger partial charge in [-0.2, -0.15) is 0 Å². The molecular formula is C26H40IN5. The standard InChI is InChI=1S/C26H39N5.HI/c1-4-30(5-2)20-24-13-11-22(12-14-24)19-28-26(27-3)29-25-15-17-31(18-16-25)21-23-9-7-6-8-10-23;/h6-14,25H,4-5,15-21H2,1-3H3,(H2,27,28,29);1H. The van der Waals surface area contributed by atoms with Gasteiger partial charge in [0.1, 0.15) is 0 Å². The van der Waals surface area contributed by atoms with E-state index in [2.05, 4.69) is 93.9 Å². The number of guanidine groups is 1. The van der Waals surface area contributed by atoms with E-state index in [0.717, 1.165) is 64.6 Å². The highest BCUT2D eigenvalue weighted by atomic mass is 127. The molecule has 3 rings (SSSR count). The van der Waals surface area contributed by atoms with E-state index in [1.807, 2.05) is 7.05 Å². The molecule has 0 radical (unpaired) electrons. The minimum Gasteiger partial charge on any atom is -0.354 e. The molecule has 32 heavy (non-hydrogen) atoms. The minimum atomic E-state index is 0. The predicted octanol–water partition coefficient (Wildman–Crippen LogP) is 4.48. The van der Waals surface area contributed by atoms with Crippen LogP contribution in [-0.2, 0) is 19.6 Å². The van der Waals surface area contributed by atoms with E-state index in [-0.39, 0.29) is 24.0 Å². The first-order valence-corrected chi connectivity index (χ1v) is 11.7. The van der Waals surface area contributed by atoms with Crippen molar-refractivity contribution in [1.82, 2.24) is 20.4 Å². The van der Waals surface area contributed by atoms with Crippen molar-refractivity contribution in [3.05, 3.63) is 71.3 Å². The molecule has 0 atom stereocenters. The predicted molar refractivity (Wildman–Crippen MR) is 147 cm³/mol. The largest absolute Gasteiger partial charge is 0.354 e. The summed E-state index contributed by atoms with van der Waals surface area (Å²) in [7, 11) is 1.85. The van der Waals surface area contributed by atoms with Crippen molar-refractivity contribution in [2.75, 3.05) is 33.2 Å². The summed E-state index contributed by atoms with van der Waals surface area (Å²) in [5.74, 6) is 0.897. The third kappa shape index (κ3) is 8.71. The Morgan fingerprint density at radius 2 is 1.56 bits per heavy atom. The number of likely N-dealkylation sites (tertiary alicyclic amines) is 1. The molecular weight excluding hydrogens is 509 g/mol. The summed E-state index contributed by atoms with van der Waals surface area (Å²) in [4.78, 5) is 9.42. The van der Waals surface area contributed by atoms with Crippen LogP contribution in [0.3, 0.4) is 0 Å². The van der Waals surface area contributed by atoms with Crippen LogP contribution in [0.25, 0.3) is 0 Å². The van der Waals surface area contributed by atoms with E-state index in [9.17, 15) is 0 Å². The van der Waals surface area contributed by atoms with E-state index in [4.69, 9.17) is 0 Å². The fraction of sp³-hybridized carbons (Fsp3) is 0.500. The van der Waals surface area contributed by atoms with Crippen molar-refractivity contribution in [2.45, 2.75) is 52.4 Å². The highest BCUT2D eigenvalue weighted by Crippen LogP contribution is 2.14. The fourth-order valence-electron chi connectivity index (χ4n) is 4.12. The lowest BCUT2D eigenvalue weighted by Crippen LogP contribution is -2.48. The van der Waals surface area contributed by atoms with Crippen LogP contribution in [0, 0.1) is 0 Å². The van der Waals surface area contributed by atoms with Crippen molar-refractivity contribution >= 4 is 29.9 Å². The SMILES string of the molecule is CCN(CC)Cc1ccc(CNC(=NC)NC2CCN(Cc3ccccc3)CC2)cc1.I. The van der Waals surface area contributed by atoms with Gasteiger partial charge in [-0.05, 0) is 42.6 Å². The molecule has 2 aromatic rings. The number of benzene rings is 2. The molecule has 6 heteroatoms. The Balaban J connectivity index is 0.00000363. The zero-order valence-corrected chi connectivity index (χ0v) is 22.2. The molecule has 2 aromatic carbocycles. The summed E-state index contributed by atoms with van der Waals surface area (Å²) in [6.45, 7) is 11.7. The maximum absolute atomic E-state index is 4.44. The molecule has 2 N–H and O–H groups in total. The Morgan fingerprint density at radius 1 is 0.938 bits per heavy atom. The molecule has 0 saturated carbocycles. The molecule has 0 amide bonds. The zero-order valence-electron chi connectivity index (χ0n) is 19.9. The first kappa shape index (κ1) is 26.6. The van der Waals surface area contributed by atoms with Crippen LogP contribution in [0.2, 0.25) is 0 Å². The van der Waals surface area contributed by atoms with E-state index >= 15 is 0 Å². The highest BCUT2D eigenvalue weighted by molar-refractivity contribution is 14.0.